The predicted molar refractivity (Wildman–Crippen MR) is 56.6 cm³/mol. The lowest BCUT2D eigenvalue weighted by Crippen LogP contribution is -2.48. The zero-order chi connectivity index (χ0) is 8.81. The highest BCUT2D eigenvalue weighted by molar-refractivity contribution is 7.98. The van der Waals surface area contributed by atoms with E-state index >= 15 is 0 Å². The lowest BCUT2D eigenvalue weighted by molar-refractivity contribution is 0.292. The van der Waals surface area contributed by atoms with E-state index in [2.05, 4.69) is 11.6 Å². The van der Waals surface area contributed by atoms with Crippen LogP contribution in [0.15, 0.2) is 0 Å². The van der Waals surface area contributed by atoms with Gasteiger partial charge in [0.05, 0.1) is 0 Å². The van der Waals surface area contributed by atoms with Gasteiger partial charge in [-0.3, -0.25) is 0 Å². The lowest BCUT2D eigenvalue weighted by atomic mass is 9.87. The van der Waals surface area contributed by atoms with Crippen LogP contribution < -0.4 is 11.1 Å². The second kappa shape index (κ2) is 5.84. The second-order valence-corrected chi connectivity index (χ2v) is 4.57. The van der Waals surface area contributed by atoms with Crippen molar-refractivity contribution >= 4 is 11.8 Å². The van der Waals surface area contributed by atoms with Crippen molar-refractivity contribution in [1.29, 1.82) is 0 Å². The number of thioether (sulfide) groups is 1. The molecule has 1 aliphatic rings. The summed E-state index contributed by atoms with van der Waals surface area (Å²) in [4.78, 5) is 0. The highest BCUT2D eigenvalue weighted by Crippen LogP contribution is 2.17. The van der Waals surface area contributed by atoms with E-state index < -0.39 is 0 Å². The van der Waals surface area contributed by atoms with Crippen LogP contribution in [0, 0.1) is 0 Å². The van der Waals surface area contributed by atoms with Gasteiger partial charge in [0.25, 0.3) is 0 Å². The Bertz CT molecular complexity index is 113. The minimum absolute atomic E-state index is 0.480. The fourth-order valence-electron chi connectivity index (χ4n) is 1.51. The summed E-state index contributed by atoms with van der Waals surface area (Å²) in [6.45, 7) is 1.18. The van der Waals surface area contributed by atoms with Crippen molar-refractivity contribution < 1.29 is 0 Å². The minimum atomic E-state index is 0.480. The highest BCUT2D eigenvalue weighted by atomic mass is 32.2. The maximum Gasteiger partial charge on any atom is 0.00965 e. The molecule has 0 spiro atoms. The van der Waals surface area contributed by atoms with E-state index in [1.807, 2.05) is 11.8 Å². The van der Waals surface area contributed by atoms with Gasteiger partial charge in [-0.1, -0.05) is 0 Å². The van der Waals surface area contributed by atoms with Crippen LogP contribution >= 0.6 is 11.8 Å². The molecule has 0 atom stereocenters. The monoisotopic (exact) mass is 188 g/mol. The zero-order valence-electron chi connectivity index (χ0n) is 7.88. The van der Waals surface area contributed by atoms with E-state index in [0.29, 0.717) is 6.04 Å². The van der Waals surface area contributed by atoms with Crippen LogP contribution in [-0.2, 0) is 0 Å². The minimum Gasteiger partial charge on any atom is -0.328 e. The Morgan fingerprint density at radius 3 is 2.75 bits per heavy atom. The molecule has 0 bridgehead atoms. The molecule has 0 aliphatic heterocycles. The maximum atomic E-state index is 5.68. The molecule has 0 aromatic heterocycles. The van der Waals surface area contributed by atoms with Crippen molar-refractivity contribution in [3.05, 3.63) is 0 Å². The molecule has 0 saturated heterocycles. The molecule has 1 rings (SSSR count). The Kier molecular flexibility index (Phi) is 5.04. The van der Waals surface area contributed by atoms with E-state index in [0.717, 1.165) is 6.04 Å². The van der Waals surface area contributed by atoms with Crippen LogP contribution in [0.5, 0.6) is 0 Å². The topological polar surface area (TPSA) is 38.0 Å². The summed E-state index contributed by atoms with van der Waals surface area (Å²) < 4.78 is 0. The molecular formula is C9H20N2S. The largest absolute Gasteiger partial charge is 0.328 e. The maximum absolute atomic E-state index is 5.68. The average molecular weight is 188 g/mol. The van der Waals surface area contributed by atoms with Gasteiger partial charge in [0.1, 0.15) is 0 Å². The fraction of sp³-hybridized carbons (Fsp3) is 1.00. The second-order valence-electron chi connectivity index (χ2n) is 3.58. The SMILES string of the molecule is CSCCCCNC1CC(N)C1. The van der Waals surface area contributed by atoms with Crippen LogP contribution in [0.3, 0.4) is 0 Å². The predicted octanol–water partition coefficient (Wildman–Crippen LogP) is 1.21. The number of hydrogen-bond donors (Lipinski definition) is 2. The highest BCUT2D eigenvalue weighted by Gasteiger charge is 2.24. The van der Waals surface area contributed by atoms with E-state index in [1.54, 1.807) is 0 Å². The lowest BCUT2D eigenvalue weighted by Gasteiger charge is -2.33. The molecule has 0 heterocycles. The van der Waals surface area contributed by atoms with Gasteiger partial charge in [0, 0.05) is 12.1 Å². The summed E-state index contributed by atoms with van der Waals surface area (Å²) >= 11 is 1.93. The van der Waals surface area contributed by atoms with Gasteiger partial charge < -0.3 is 11.1 Å². The van der Waals surface area contributed by atoms with Crippen LogP contribution in [-0.4, -0.2) is 30.6 Å². The summed E-state index contributed by atoms with van der Waals surface area (Å²) in [6.07, 6.45) is 7.18. The first-order valence-corrected chi connectivity index (χ1v) is 6.20. The summed E-state index contributed by atoms with van der Waals surface area (Å²) in [7, 11) is 0. The molecule has 2 nitrogen and oxygen atoms in total. The number of hydrogen-bond acceptors (Lipinski definition) is 3. The van der Waals surface area contributed by atoms with Gasteiger partial charge in [0.2, 0.25) is 0 Å². The normalized spacial score (nSPS) is 28.5. The molecule has 72 valence electrons. The Balaban J connectivity index is 1.77. The van der Waals surface area contributed by atoms with Gasteiger partial charge in [0.15, 0.2) is 0 Å². The molecule has 0 aromatic rings. The molecule has 0 amide bonds. The van der Waals surface area contributed by atoms with Gasteiger partial charge in [-0.05, 0) is 44.2 Å². The first-order valence-electron chi connectivity index (χ1n) is 4.81. The Hall–Kier alpha value is 0.270. The third-order valence-electron chi connectivity index (χ3n) is 2.38. The van der Waals surface area contributed by atoms with Crippen LogP contribution in [0.25, 0.3) is 0 Å². The van der Waals surface area contributed by atoms with Crippen molar-refractivity contribution in [1.82, 2.24) is 5.32 Å². The summed E-state index contributed by atoms with van der Waals surface area (Å²) in [5.74, 6) is 1.30. The first kappa shape index (κ1) is 10.4. The van der Waals surface area contributed by atoms with E-state index in [-0.39, 0.29) is 0 Å². The number of rotatable bonds is 6. The van der Waals surface area contributed by atoms with Crippen molar-refractivity contribution in [2.75, 3.05) is 18.6 Å². The molecule has 12 heavy (non-hydrogen) atoms. The zero-order valence-corrected chi connectivity index (χ0v) is 8.70. The van der Waals surface area contributed by atoms with Gasteiger partial charge in [-0.15, -0.1) is 0 Å². The van der Waals surface area contributed by atoms with Crippen molar-refractivity contribution in [3.8, 4) is 0 Å². The quantitative estimate of drug-likeness (QED) is 0.615. The van der Waals surface area contributed by atoms with Crippen molar-refractivity contribution in [3.63, 3.8) is 0 Å². The number of nitrogens with two attached hydrogens (primary N) is 1. The summed E-state index contributed by atoms with van der Waals surface area (Å²) in [5.41, 5.74) is 5.68. The molecule has 3 N–H and O–H groups in total. The molecular weight excluding hydrogens is 168 g/mol. The summed E-state index contributed by atoms with van der Waals surface area (Å²) in [5, 5.41) is 3.52. The van der Waals surface area contributed by atoms with Crippen LogP contribution in [0.4, 0.5) is 0 Å². The molecule has 1 fully saturated rings. The molecule has 0 unspecified atom stereocenters. The molecule has 1 aliphatic carbocycles. The standard InChI is InChI=1S/C9H20N2S/c1-12-5-3-2-4-11-9-6-8(10)7-9/h8-9,11H,2-7,10H2,1H3. The van der Waals surface area contributed by atoms with Crippen molar-refractivity contribution in [2.45, 2.75) is 37.8 Å². The molecule has 0 aromatic carbocycles. The smallest absolute Gasteiger partial charge is 0.00965 e. The molecule has 1 saturated carbocycles. The first-order chi connectivity index (χ1) is 5.83. The van der Waals surface area contributed by atoms with E-state index in [4.69, 9.17) is 5.73 Å². The van der Waals surface area contributed by atoms with Gasteiger partial charge >= 0.3 is 0 Å². The van der Waals surface area contributed by atoms with Crippen molar-refractivity contribution in [2.24, 2.45) is 5.73 Å². The Morgan fingerprint density at radius 1 is 1.42 bits per heavy atom. The summed E-state index contributed by atoms with van der Waals surface area (Å²) in [6, 6.07) is 1.21. The number of nitrogens with one attached hydrogen (secondary N) is 1. The van der Waals surface area contributed by atoms with Crippen LogP contribution in [0.2, 0.25) is 0 Å². The van der Waals surface area contributed by atoms with E-state index in [1.165, 1.54) is 38.0 Å². The molecule has 0 radical (unpaired) electrons. The third-order valence-corrected chi connectivity index (χ3v) is 3.08. The third kappa shape index (κ3) is 3.78. The Labute approximate surface area is 79.7 Å². The van der Waals surface area contributed by atoms with Gasteiger partial charge in [-0.2, -0.15) is 11.8 Å². The Morgan fingerprint density at radius 2 is 2.17 bits per heavy atom. The van der Waals surface area contributed by atoms with E-state index in [9.17, 15) is 0 Å². The average Bonchev–Trinajstić information content (AvgIpc) is 2.00. The van der Waals surface area contributed by atoms with Crippen LogP contribution in [0.1, 0.15) is 25.7 Å². The number of unbranched alkanes of at least 4 members (excludes halogenated alkanes) is 1. The molecule has 3 heteroatoms. The van der Waals surface area contributed by atoms with Gasteiger partial charge in [-0.25, -0.2) is 0 Å². The fourth-order valence-corrected chi connectivity index (χ4v) is 2.00.